The summed E-state index contributed by atoms with van der Waals surface area (Å²) >= 11 is 6.21. The fourth-order valence-electron chi connectivity index (χ4n) is 2.50. The maximum Gasteiger partial charge on any atom is 0.321 e. The molecule has 2 rings (SSSR count). The lowest BCUT2D eigenvalue weighted by molar-refractivity contribution is -0.144. The van der Waals surface area contributed by atoms with E-state index in [0.29, 0.717) is 11.3 Å². The predicted molar refractivity (Wildman–Crippen MR) is 97.4 cm³/mol. The topological polar surface area (TPSA) is 52.6 Å². The van der Waals surface area contributed by atoms with Crippen LogP contribution < -0.4 is 4.74 Å². The van der Waals surface area contributed by atoms with Gasteiger partial charge in [0.1, 0.15) is 11.7 Å². The molecule has 1 unspecified atom stereocenters. The first-order valence-electron chi connectivity index (χ1n) is 8.18. The van der Waals surface area contributed by atoms with Crippen LogP contribution >= 0.6 is 11.6 Å². The Bertz CT molecular complexity index is 728. The van der Waals surface area contributed by atoms with E-state index in [1.54, 1.807) is 42.5 Å². The van der Waals surface area contributed by atoms with E-state index in [1.165, 1.54) is 7.11 Å². The summed E-state index contributed by atoms with van der Waals surface area (Å²) in [6.07, 6.45) is 1.65. The molecule has 0 aliphatic carbocycles. The molecule has 1 atom stereocenters. The largest absolute Gasteiger partial charge is 0.496 e. The van der Waals surface area contributed by atoms with E-state index < -0.39 is 17.7 Å². The molecule has 4 nitrogen and oxygen atoms in total. The van der Waals surface area contributed by atoms with Gasteiger partial charge in [-0.05, 0) is 24.1 Å². The van der Waals surface area contributed by atoms with Crippen molar-refractivity contribution in [3.8, 4) is 5.75 Å². The lowest BCUT2D eigenvalue weighted by Crippen LogP contribution is -2.25. The number of ether oxygens (including phenoxy) is 2. The van der Waals surface area contributed by atoms with Crippen LogP contribution in [0.5, 0.6) is 5.75 Å². The van der Waals surface area contributed by atoms with Gasteiger partial charge in [-0.2, -0.15) is 0 Å². The number of hydrogen-bond acceptors (Lipinski definition) is 4. The Labute approximate surface area is 152 Å². The van der Waals surface area contributed by atoms with E-state index in [1.807, 2.05) is 13.0 Å². The summed E-state index contributed by atoms with van der Waals surface area (Å²) in [5, 5.41) is 0.242. The first-order valence-corrected chi connectivity index (χ1v) is 8.56. The number of esters is 1. The highest BCUT2D eigenvalue weighted by Crippen LogP contribution is 2.32. The summed E-state index contributed by atoms with van der Waals surface area (Å²) in [4.78, 5) is 25.8. The van der Waals surface area contributed by atoms with Crippen LogP contribution in [0.25, 0.3) is 0 Å². The Balaban J connectivity index is 2.42. The molecule has 0 bridgehead atoms. The summed E-state index contributed by atoms with van der Waals surface area (Å²) in [5.74, 6) is -1.76. The normalized spacial score (nSPS) is 11.6. The van der Waals surface area contributed by atoms with Crippen molar-refractivity contribution in [2.45, 2.75) is 25.7 Å². The fraction of sp³-hybridized carbons (Fsp3) is 0.300. The molecule has 132 valence electrons. The standard InChI is InChI=1S/C20H21ClO4/c1-3-4-13-25-20(23)17(14-9-6-5-7-10-14)19(22)18-15(21)11-8-12-16(18)24-2/h5-12,17H,3-4,13H2,1-2H3. The second-order valence-electron chi connectivity index (χ2n) is 5.55. The Morgan fingerprint density at radius 2 is 1.80 bits per heavy atom. The predicted octanol–water partition coefficient (Wildman–Crippen LogP) is 4.66. The molecule has 25 heavy (non-hydrogen) atoms. The van der Waals surface area contributed by atoms with Crippen LogP contribution in [-0.2, 0) is 9.53 Å². The maximum absolute atomic E-state index is 13.2. The molecule has 0 aliphatic heterocycles. The molecule has 0 spiro atoms. The van der Waals surface area contributed by atoms with Gasteiger partial charge >= 0.3 is 5.97 Å². The van der Waals surface area contributed by atoms with E-state index in [9.17, 15) is 9.59 Å². The lowest BCUT2D eigenvalue weighted by Gasteiger charge is -2.18. The van der Waals surface area contributed by atoms with Gasteiger partial charge in [-0.3, -0.25) is 9.59 Å². The van der Waals surface area contributed by atoms with Gasteiger partial charge in [0.2, 0.25) is 0 Å². The van der Waals surface area contributed by atoms with Crippen LogP contribution in [0.2, 0.25) is 5.02 Å². The van der Waals surface area contributed by atoms with Crippen molar-refractivity contribution in [3.05, 3.63) is 64.7 Å². The summed E-state index contributed by atoms with van der Waals surface area (Å²) in [6.45, 7) is 2.29. The average molecular weight is 361 g/mol. The number of hydrogen-bond donors (Lipinski definition) is 0. The number of Topliss-reactive ketones (excluding diaryl/α,β-unsaturated/α-hetero) is 1. The summed E-state index contributed by atoms with van der Waals surface area (Å²) in [7, 11) is 1.46. The molecule has 5 heteroatoms. The van der Waals surface area contributed by atoms with Crippen LogP contribution in [0.3, 0.4) is 0 Å². The van der Waals surface area contributed by atoms with E-state index in [2.05, 4.69) is 0 Å². The lowest BCUT2D eigenvalue weighted by atomic mass is 9.90. The molecular formula is C20H21ClO4. The van der Waals surface area contributed by atoms with Crippen molar-refractivity contribution in [1.82, 2.24) is 0 Å². The van der Waals surface area contributed by atoms with E-state index in [0.717, 1.165) is 12.8 Å². The zero-order valence-corrected chi connectivity index (χ0v) is 15.1. The third kappa shape index (κ3) is 4.60. The molecule has 2 aromatic rings. The van der Waals surface area contributed by atoms with Crippen molar-refractivity contribution < 1.29 is 19.1 Å². The highest BCUT2D eigenvalue weighted by molar-refractivity contribution is 6.35. The third-order valence-corrected chi connectivity index (χ3v) is 4.13. The summed E-state index contributed by atoms with van der Waals surface area (Å²) < 4.78 is 10.6. The monoisotopic (exact) mass is 360 g/mol. The Morgan fingerprint density at radius 1 is 1.08 bits per heavy atom. The molecule has 0 radical (unpaired) electrons. The summed E-state index contributed by atoms with van der Waals surface area (Å²) in [5.41, 5.74) is 0.754. The summed E-state index contributed by atoms with van der Waals surface area (Å²) in [6, 6.07) is 13.8. The molecule has 0 saturated heterocycles. The number of rotatable bonds is 8. The zero-order valence-electron chi connectivity index (χ0n) is 14.3. The van der Waals surface area contributed by atoms with Crippen LogP contribution in [0.4, 0.5) is 0 Å². The number of carbonyl (C=O) groups excluding carboxylic acids is 2. The second-order valence-corrected chi connectivity index (χ2v) is 5.95. The van der Waals surface area contributed by atoms with Crippen LogP contribution in [-0.4, -0.2) is 25.5 Å². The van der Waals surface area contributed by atoms with Gasteiger partial charge in [-0.15, -0.1) is 0 Å². The molecule has 0 aromatic heterocycles. The number of carbonyl (C=O) groups is 2. The first kappa shape index (κ1) is 19.0. The number of benzene rings is 2. The van der Waals surface area contributed by atoms with Crippen LogP contribution in [0, 0.1) is 0 Å². The van der Waals surface area contributed by atoms with Gasteiger partial charge in [0.25, 0.3) is 0 Å². The van der Waals surface area contributed by atoms with Gasteiger partial charge in [0.05, 0.1) is 24.3 Å². The first-order chi connectivity index (χ1) is 12.1. The Morgan fingerprint density at radius 3 is 2.44 bits per heavy atom. The average Bonchev–Trinajstić information content (AvgIpc) is 2.62. The maximum atomic E-state index is 13.2. The minimum Gasteiger partial charge on any atom is -0.496 e. The minimum atomic E-state index is -1.08. The smallest absolute Gasteiger partial charge is 0.321 e. The van der Waals surface area contributed by atoms with Crippen LogP contribution in [0.15, 0.2) is 48.5 Å². The molecule has 0 fully saturated rings. The second kappa shape index (κ2) is 9.23. The van der Waals surface area contributed by atoms with Gasteiger partial charge in [-0.1, -0.05) is 61.3 Å². The van der Waals surface area contributed by atoms with E-state index in [-0.39, 0.29) is 17.2 Å². The van der Waals surface area contributed by atoms with Crippen LogP contribution in [0.1, 0.15) is 41.6 Å². The van der Waals surface area contributed by atoms with Crippen molar-refractivity contribution in [1.29, 1.82) is 0 Å². The SMILES string of the molecule is CCCCOC(=O)C(C(=O)c1c(Cl)cccc1OC)c1ccccc1. The molecule has 0 aliphatic rings. The molecule has 0 amide bonds. The third-order valence-electron chi connectivity index (χ3n) is 3.81. The van der Waals surface area contributed by atoms with Crippen molar-refractivity contribution in [2.75, 3.05) is 13.7 Å². The van der Waals surface area contributed by atoms with E-state index >= 15 is 0 Å². The van der Waals surface area contributed by atoms with Crippen molar-refractivity contribution in [3.63, 3.8) is 0 Å². The Hall–Kier alpha value is -2.33. The number of halogens is 1. The molecular weight excluding hydrogens is 340 g/mol. The highest BCUT2D eigenvalue weighted by Gasteiger charge is 2.33. The molecule has 0 heterocycles. The van der Waals surface area contributed by atoms with Crippen molar-refractivity contribution in [2.24, 2.45) is 0 Å². The quantitative estimate of drug-likeness (QED) is 0.297. The highest BCUT2D eigenvalue weighted by atomic mass is 35.5. The Kier molecular flexibility index (Phi) is 7.02. The molecule has 0 N–H and O–H groups in total. The van der Waals surface area contributed by atoms with E-state index in [4.69, 9.17) is 21.1 Å². The number of unbranched alkanes of at least 4 members (excludes halogenated alkanes) is 1. The van der Waals surface area contributed by atoms with Gasteiger partial charge < -0.3 is 9.47 Å². The van der Waals surface area contributed by atoms with Gasteiger partial charge in [0.15, 0.2) is 5.78 Å². The molecule has 2 aromatic carbocycles. The fourth-order valence-corrected chi connectivity index (χ4v) is 2.76. The number of methoxy groups -OCH3 is 1. The minimum absolute atomic E-state index is 0.188. The number of ketones is 1. The molecule has 0 saturated carbocycles. The van der Waals surface area contributed by atoms with Gasteiger partial charge in [-0.25, -0.2) is 0 Å². The van der Waals surface area contributed by atoms with Crippen molar-refractivity contribution >= 4 is 23.4 Å². The zero-order chi connectivity index (χ0) is 18.2. The van der Waals surface area contributed by atoms with Gasteiger partial charge in [0, 0.05) is 0 Å².